The Bertz CT molecular complexity index is 578. The third-order valence-electron chi connectivity index (χ3n) is 2.92. The van der Waals surface area contributed by atoms with E-state index in [9.17, 15) is 4.79 Å². The van der Waals surface area contributed by atoms with Gasteiger partial charge in [-0.2, -0.15) is 5.10 Å². The fraction of sp³-hybridized carbons (Fsp3) is 0.267. The number of carbonyl (C=O) groups excluding carboxylic acids is 1. The van der Waals surface area contributed by atoms with Crippen molar-refractivity contribution in [3.63, 3.8) is 0 Å². The molecule has 110 valence electrons. The van der Waals surface area contributed by atoms with E-state index in [4.69, 9.17) is 0 Å². The molecule has 5 nitrogen and oxygen atoms in total. The van der Waals surface area contributed by atoms with Gasteiger partial charge < -0.3 is 10.2 Å². The van der Waals surface area contributed by atoms with Gasteiger partial charge in [-0.3, -0.25) is 4.79 Å². The van der Waals surface area contributed by atoms with Crippen LogP contribution in [-0.2, 0) is 4.79 Å². The molecule has 1 N–H and O–H groups in total. The van der Waals surface area contributed by atoms with Crippen molar-refractivity contribution in [2.45, 2.75) is 11.7 Å². The van der Waals surface area contributed by atoms with Crippen LogP contribution in [0.1, 0.15) is 12.0 Å². The predicted molar refractivity (Wildman–Crippen MR) is 90.1 cm³/mol. The monoisotopic (exact) mass is 302 g/mol. The molecule has 0 aliphatic carbocycles. The number of amidine groups is 1. The number of benzene rings is 1. The lowest BCUT2D eigenvalue weighted by Crippen LogP contribution is -2.24. The van der Waals surface area contributed by atoms with Gasteiger partial charge in [0, 0.05) is 19.8 Å². The Morgan fingerprint density at radius 2 is 2.10 bits per heavy atom. The van der Waals surface area contributed by atoms with E-state index in [-0.39, 0.29) is 11.2 Å². The van der Waals surface area contributed by atoms with Crippen molar-refractivity contribution in [2.75, 3.05) is 19.0 Å². The van der Waals surface area contributed by atoms with E-state index in [1.54, 1.807) is 12.3 Å². The highest BCUT2D eigenvalue weighted by Gasteiger charge is 2.28. The lowest BCUT2D eigenvalue weighted by atomic mass is 10.2. The predicted octanol–water partition coefficient (Wildman–Crippen LogP) is 2.25. The Balaban J connectivity index is 1.97. The molecule has 1 atom stereocenters. The van der Waals surface area contributed by atoms with Gasteiger partial charge in [0.1, 0.15) is 0 Å². The molecule has 1 fully saturated rings. The zero-order chi connectivity index (χ0) is 15.2. The number of thioether (sulfide) groups is 1. The average molecular weight is 302 g/mol. The van der Waals surface area contributed by atoms with Gasteiger partial charge in [-0.1, -0.05) is 30.0 Å². The highest BCUT2D eigenvalue weighted by atomic mass is 32.2. The second kappa shape index (κ2) is 7.08. The minimum Gasteiger partial charge on any atom is -0.378 e. The van der Waals surface area contributed by atoms with Gasteiger partial charge in [0.25, 0.3) is 0 Å². The third kappa shape index (κ3) is 4.19. The number of hydrogen-bond donors (Lipinski definition) is 1. The molecule has 0 radical (unpaired) electrons. The van der Waals surface area contributed by atoms with Crippen LogP contribution in [0.15, 0.2) is 47.1 Å². The Kier molecular flexibility index (Phi) is 5.16. The molecule has 6 heteroatoms. The fourth-order valence-corrected chi connectivity index (χ4v) is 2.69. The largest absolute Gasteiger partial charge is 0.378 e. The minimum atomic E-state index is -0.143. The number of carbonyl (C=O) groups is 1. The molecule has 2 rings (SSSR count). The number of nitrogens with one attached hydrogen (secondary N) is 1. The minimum absolute atomic E-state index is 0.0378. The molecule has 1 aliphatic rings. The second-order valence-electron chi connectivity index (χ2n) is 4.76. The molecule has 1 heterocycles. The molecular weight excluding hydrogens is 284 g/mol. The number of rotatable bonds is 5. The van der Waals surface area contributed by atoms with Gasteiger partial charge in [-0.05, 0) is 24.1 Å². The normalized spacial score (nSPS) is 20.0. The summed E-state index contributed by atoms with van der Waals surface area (Å²) in [6.45, 7) is 3.64. The van der Waals surface area contributed by atoms with Gasteiger partial charge >= 0.3 is 0 Å². The van der Waals surface area contributed by atoms with E-state index in [1.165, 1.54) is 11.8 Å². The third-order valence-corrected chi connectivity index (χ3v) is 4.02. The van der Waals surface area contributed by atoms with Crippen LogP contribution >= 0.6 is 11.8 Å². The summed E-state index contributed by atoms with van der Waals surface area (Å²) in [5.41, 5.74) is 2.09. The lowest BCUT2D eigenvalue weighted by Gasteiger charge is -2.11. The SMILES string of the molecule is C=CCC1S/C(=N\N=C\c2ccc(N(C)C)cc2)NC1=O. The van der Waals surface area contributed by atoms with E-state index in [0.717, 1.165) is 11.3 Å². The van der Waals surface area contributed by atoms with Crippen LogP contribution < -0.4 is 10.2 Å². The number of allylic oxidation sites excluding steroid dienone is 1. The molecule has 1 aromatic rings. The van der Waals surface area contributed by atoms with Gasteiger partial charge in [-0.15, -0.1) is 11.7 Å². The van der Waals surface area contributed by atoms with Crippen LogP contribution in [0.3, 0.4) is 0 Å². The zero-order valence-corrected chi connectivity index (χ0v) is 12.9. The maximum atomic E-state index is 11.6. The van der Waals surface area contributed by atoms with Gasteiger partial charge in [0.2, 0.25) is 5.91 Å². The van der Waals surface area contributed by atoms with Crippen molar-refractivity contribution >= 4 is 34.7 Å². The summed E-state index contributed by atoms with van der Waals surface area (Å²) in [4.78, 5) is 13.6. The first-order valence-corrected chi connectivity index (χ1v) is 7.45. The van der Waals surface area contributed by atoms with Crippen LogP contribution in [0.2, 0.25) is 0 Å². The van der Waals surface area contributed by atoms with Crippen molar-refractivity contribution in [1.29, 1.82) is 0 Å². The Morgan fingerprint density at radius 1 is 1.38 bits per heavy atom. The van der Waals surface area contributed by atoms with Crippen molar-refractivity contribution in [2.24, 2.45) is 10.2 Å². The first kappa shape index (κ1) is 15.3. The summed E-state index contributed by atoms with van der Waals surface area (Å²) in [6.07, 6.45) is 4.03. The van der Waals surface area contributed by atoms with Crippen molar-refractivity contribution < 1.29 is 4.79 Å². The molecule has 1 unspecified atom stereocenters. The van der Waals surface area contributed by atoms with E-state index >= 15 is 0 Å². The number of amides is 1. The van der Waals surface area contributed by atoms with E-state index < -0.39 is 0 Å². The molecule has 1 amide bonds. The summed E-state index contributed by atoms with van der Waals surface area (Å²) >= 11 is 1.38. The van der Waals surface area contributed by atoms with Gasteiger partial charge in [0.05, 0.1) is 11.5 Å². The van der Waals surface area contributed by atoms with Crippen molar-refractivity contribution in [1.82, 2.24) is 5.32 Å². The van der Waals surface area contributed by atoms with Crippen LogP contribution in [0.25, 0.3) is 0 Å². The summed E-state index contributed by atoms with van der Waals surface area (Å²) in [5.74, 6) is -0.0378. The van der Waals surface area contributed by atoms with Crippen molar-refractivity contribution in [3.8, 4) is 0 Å². The number of anilines is 1. The van der Waals surface area contributed by atoms with Gasteiger partial charge in [0.15, 0.2) is 5.17 Å². The Hall–Kier alpha value is -2.08. The van der Waals surface area contributed by atoms with Gasteiger partial charge in [-0.25, -0.2) is 0 Å². The Labute approximate surface area is 128 Å². The molecular formula is C15H18N4OS. The molecule has 0 aromatic heterocycles. The Morgan fingerprint density at radius 3 is 2.71 bits per heavy atom. The van der Waals surface area contributed by atoms with E-state index in [1.807, 2.05) is 43.3 Å². The van der Waals surface area contributed by atoms with E-state index in [2.05, 4.69) is 22.1 Å². The molecule has 1 aliphatic heterocycles. The first-order valence-electron chi connectivity index (χ1n) is 6.57. The smallest absolute Gasteiger partial charge is 0.239 e. The highest BCUT2D eigenvalue weighted by molar-refractivity contribution is 8.15. The van der Waals surface area contributed by atoms with E-state index in [0.29, 0.717) is 11.6 Å². The summed E-state index contributed by atoms with van der Waals surface area (Å²) < 4.78 is 0. The molecule has 1 aromatic carbocycles. The van der Waals surface area contributed by atoms with Crippen LogP contribution in [0.4, 0.5) is 5.69 Å². The van der Waals surface area contributed by atoms with Crippen LogP contribution in [0, 0.1) is 0 Å². The number of hydrogen-bond acceptors (Lipinski definition) is 5. The maximum Gasteiger partial charge on any atom is 0.239 e. The maximum absolute atomic E-state index is 11.6. The summed E-state index contributed by atoms with van der Waals surface area (Å²) in [7, 11) is 3.99. The molecule has 0 saturated carbocycles. The molecule has 21 heavy (non-hydrogen) atoms. The summed E-state index contributed by atoms with van der Waals surface area (Å²) in [6, 6.07) is 7.97. The lowest BCUT2D eigenvalue weighted by molar-refractivity contribution is -0.118. The number of nitrogens with zero attached hydrogens (tertiary/aromatic N) is 3. The van der Waals surface area contributed by atoms with Crippen LogP contribution in [-0.4, -0.2) is 36.6 Å². The standard InChI is InChI=1S/C15H18N4OS/c1-4-5-13-14(20)17-15(21-13)18-16-10-11-6-8-12(9-7-11)19(2)3/h4,6-10,13H,1,5H2,2-3H3,(H,17,18,20)/b16-10+. The molecule has 0 bridgehead atoms. The van der Waals surface area contributed by atoms with Crippen molar-refractivity contribution in [3.05, 3.63) is 42.5 Å². The summed E-state index contributed by atoms with van der Waals surface area (Å²) in [5, 5.41) is 11.1. The topological polar surface area (TPSA) is 57.1 Å². The second-order valence-corrected chi connectivity index (χ2v) is 5.95. The first-order chi connectivity index (χ1) is 10.1. The molecule has 0 spiro atoms. The zero-order valence-electron chi connectivity index (χ0n) is 12.1. The quantitative estimate of drug-likeness (QED) is 0.515. The van der Waals surface area contributed by atoms with Crippen LogP contribution in [0.5, 0.6) is 0 Å². The average Bonchev–Trinajstić information content (AvgIpc) is 2.80. The highest BCUT2D eigenvalue weighted by Crippen LogP contribution is 2.22. The fourth-order valence-electron chi connectivity index (χ4n) is 1.77. The molecule has 1 saturated heterocycles.